The Morgan fingerprint density at radius 1 is 1.00 bits per heavy atom. The zero-order valence-corrected chi connectivity index (χ0v) is 18.2. The van der Waals surface area contributed by atoms with Crippen molar-refractivity contribution in [2.24, 2.45) is 0 Å². The summed E-state index contributed by atoms with van der Waals surface area (Å²) in [6, 6.07) is 19.3. The van der Waals surface area contributed by atoms with Gasteiger partial charge in [0, 0.05) is 13.1 Å². The fourth-order valence-corrected chi connectivity index (χ4v) is 4.86. The second-order valence-corrected chi connectivity index (χ2v) is 8.47. The molecule has 4 aromatic rings. The van der Waals surface area contributed by atoms with Crippen molar-refractivity contribution in [2.75, 3.05) is 13.1 Å². The molecule has 1 saturated heterocycles. The lowest BCUT2D eigenvalue weighted by atomic mass is 9.89. The molecular weight excluding hydrogens is 422 g/mol. The quantitative estimate of drug-likeness (QED) is 0.468. The first-order valence-corrected chi connectivity index (χ1v) is 11.1. The number of rotatable bonds is 4. The van der Waals surface area contributed by atoms with Crippen molar-refractivity contribution in [1.29, 1.82) is 0 Å². The largest absolute Gasteiger partial charge is 0.341 e. The van der Waals surface area contributed by atoms with Crippen LogP contribution in [0.2, 0.25) is 0 Å². The number of amides is 1. The summed E-state index contributed by atoms with van der Waals surface area (Å²) in [7, 11) is 0. The number of aromatic amines is 2. The van der Waals surface area contributed by atoms with Crippen LogP contribution >= 0.6 is 12.2 Å². The third-order valence-electron chi connectivity index (χ3n) is 6.22. The lowest BCUT2D eigenvalue weighted by Gasteiger charge is -2.35. The van der Waals surface area contributed by atoms with E-state index >= 15 is 0 Å². The number of benzene rings is 2. The highest BCUT2D eigenvalue weighted by Gasteiger charge is 2.31. The second kappa shape index (κ2) is 8.55. The molecule has 1 aliphatic rings. The van der Waals surface area contributed by atoms with E-state index in [9.17, 15) is 9.59 Å². The fraction of sp³-hybridized carbons (Fsp3) is 0.250. The van der Waals surface area contributed by atoms with Crippen molar-refractivity contribution < 1.29 is 4.79 Å². The number of hydrogen-bond donors (Lipinski definition) is 2. The molecule has 0 saturated carbocycles. The van der Waals surface area contributed by atoms with Crippen LogP contribution < -0.4 is 5.56 Å². The number of hydrogen-bond acceptors (Lipinski definition) is 4. The van der Waals surface area contributed by atoms with Crippen molar-refractivity contribution in [3.05, 3.63) is 93.1 Å². The number of likely N-dealkylation sites (tertiary alicyclic amines) is 1. The molecule has 2 aromatic heterocycles. The second-order valence-electron chi connectivity index (χ2n) is 8.08. The van der Waals surface area contributed by atoms with Gasteiger partial charge in [0.1, 0.15) is 16.1 Å². The number of carbonyl (C=O) groups excluding carboxylic acids is 1. The average molecular weight is 446 g/mol. The predicted octanol–water partition coefficient (Wildman–Crippen LogP) is 3.78. The summed E-state index contributed by atoms with van der Waals surface area (Å²) in [5.74, 6) is 0.418. The van der Waals surface area contributed by atoms with Crippen LogP contribution in [-0.2, 0) is 4.79 Å². The highest BCUT2D eigenvalue weighted by molar-refractivity contribution is 7.71. The minimum atomic E-state index is -0.678. The Labute approximate surface area is 189 Å². The molecule has 0 radical (unpaired) electrons. The van der Waals surface area contributed by atoms with E-state index in [1.54, 1.807) is 10.9 Å². The van der Waals surface area contributed by atoms with Crippen molar-refractivity contribution in [1.82, 2.24) is 24.6 Å². The van der Waals surface area contributed by atoms with Crippen LogP contribution in [0.4, 0.5) is 0 Å². The fourth-order valence-electron chi connectivity index (χ4n) is 4.52. The van der Waals surface area contributed by atoms with Crippen molar-refractivity contribution >= 4 is 29.2 Å². The summed E-state index contributed by atoms with van der Waals surface area (Å²) in [6.45, 7) is 1.35. The van der Waals surface area contributed by atoms with Crippen LogP contribution in [0.15, 0.2) is 71.8 Å². The minimum Gasteiger partial charge on any atom is -0.341 e. The van der Waals surface area contributed by atoms with Crippen LogP contribution in [0.25, 0.3) is 11.0 Å². The molecule has 32 heavy (non-hydrogen) atoms. The van der Waals surface area contributed by atoms with Gasteiger partial charge in [0.25, 0.3) is 5.56 Å². The molecule has 1 aliphatic heterocycles. The van der Waals surface area contributed by atoms with Gasteiger partial charge in [-0.25, -0.2) is 4.98 Å². The van der Waals surface area contributed by atoms with Crippen molar-refractivity contribution in [3.8, 4) is 0 Å². The maximum atomic E-state index is 13.8. The van der Waals surface area contributed by atoms with Gasteiger partial charge in [0.2, 0.25) is 5.91 Å². The van der Waals surface area contributed by atoms with E-state index in [1.165, 1.54) is 5.56 Å². The van der Waals surface area contributed by atoms with Crippen LogP contribution in [0.5, 0.6) is 0 Å². The monoisotopic (exact) mass is 445 g/mol. The standard InChI is InChI=1S/C24H23N5O2S/c30-22-19-21(26-27-22)25-15-29(24(19)32)20(18-9-5-2-6-10-18)23(31)28-13-11-17(12-14-28)16-7-3-1-4-8-16/h1-10,15,17,20H,11-14H2,(H2,26,27,30). The van der Waals surface area contributed by atoms with E-state index in [-0.39, 0.29) is 11.5 Å². The highest BCUT2D eigenvalue weighted by Crippen LogP contribution is 2.30. The number of carbonyl (C=O) groups is 1. The van der Waals surface area contributed by atoms with Gasteiger partial charge in [-0.05, 0) is 29.9 Å². The van der Waals surface area contributed by atoms with E-state index in [4.69, 9.17) is 12.2 Å². The summed E-state index contributed by atoms with van der Waals surface area (Å²) in [6.07, 6.45) is 3.37. The lowest BCUT2D eigenvalue weighted by Crippen LogP contribution is -2.42. The van der Waals surface area contributed by atoms with Crippen LogP contribution in [0, 0.1) is 4.64 Å². The zero-order valence-electron chi connectivity index (χ0n) is 17.4. The molecule has 162 valence electrons. The summed E-state index contributed by atoms with van der Waals surface area (Å²) in [5, 5.41) is 5.53. The molecular formula is C24H23N5O2S. The Bertz CT molecular complexity index is 1350. The van der Waals surface area contributed by atoms with E-state index < -0.39 is 6.04 Å². The third-order valence-corrected chi connectivity index (χ3v) is 6.64. The van der Waals surface area contributed by atoms with Crippen molar-refractivity contribution in [2.45, 2.75) is 24.8 Å². The van der Waals surface area contributed by atoms with Crippen LogP contribution in [0.3, 0.4) is 0 Å². The highest BCUT2D eigenvalue weighted by atomic mass is 32.1. The molecule has 3 heterocycles. The number of aromatic nitrogens is 4. The summed E-state index contributed by atoms with van der Waals surface area (Å²) < 4.78 is 1.93. The lowest BCUT2D eigenvalue weighted by molar-refractivity contribution is -0.134. The van der Waals surface area contributed by atoms with E-state index in [1.807, 2.05) is 41.3 Å². The molecule has 8 heteroatoms. The Morgan fingerprint density at radius 3 is 2.34 bits per heavy atom. The van der Waals surface area contributed by atoms with Gasteiger partial charge in [0.15, 0.2) is 5.65 Å². The average Bonchev–Trinajstić information content (AvgIpc) is 3.23. The molecule has 0 aliphatic carbocycles. The Kier molecular flexibility index (Phi) is 5.45. The van der Waals surface area contributed by atoms with Gasteiger partial charge in [-0.15, -0.1) is 0 Å². The first kappa shape index (κ1) is 20.4. The van der Waals surface area contributed by atoms with Gasteiger partial charge in [0.05, 0.1) is 6.33 Å². The number of H-pyrrole nitrogens is 2. The van der Waals surface area contributed by atoms with E-state index in [2.05, 4.69) is 39.4 Å². The van der Waals surface area contributed by atoms with E-state index in [0.717, 1.165) is 18.4 Å². The van der Waals surface area contributed by atoms with Crippen molar-refractivity contribution in [3.63, 3.8) is 0 Å². The van der Waals surface area contributed by atoms with Crippen LogP contribution in [0.1, 0.15) is 35.9 Å². The van der Waals surface area contributed by atoms with E-state index in [0.29, 0.717) is 34.7 Å². The number of piperidine rings is 1. The first-order chi connectivity index (χ1) is 15.6. The van der Waals surface area contributed by atoms with Gasteiger partial charge in [-0.2, -0.15) is 0 Å². The van der Waals surface area contributed by atoms with Gasteiger partial charge < -0.3 is 9.47 Å². The summed E-state index contributed by atoms with van der Waals surface area (Å²) in [4.78, 5) is 32.3. The number of fused-ring (bicyclic) bond motifs is 1. The third kappa shape index (κ3) is 3.67. The maximum Gasteiger partial charge on any atom is 0.276 e. The molecule has 1 atom stereocenters. The minimum absolute atomic E-state index is 0.0353. The Morgan fingerprint density at radius 2 is 1.66 bits per heavy atom. The Hall–Kier alpha value is -3.52. The Balaban J connectivity index is 1.48. The molecule has 2 N–H and O–H groups in total. The zero-order chi connectivity index (χ0) is 22.1. The summed E-state index contributed by atoms with van der Waals surface area (Å²) >= 11 is 5.63. The molecule has 0 bridgehead atoms. The molecule has 1 fully saturated rings. The maximum absolute atomic E-state index is 13.8. The molecule has 1 unspecified atom stereocenters. The predicted molar refractivity (Wildman–Crippen MR) is 125 cm³/mol. The molecule has 0 spiro atoms. The molecule has 5 rings (SSSR count). The molecule has 7 nitrogen and oxygen atoms in total. The SMILES string of the molecule is O=C(C(c1ccccc1)n1cnc2[nH][nH]c(=O)c2c1=S)N1CCC(c2ccccc2)CC1. The smallest absolute Gasteiger partial charge is 0.276 e. The molecule has 1 amide bonds. The van der Waals surface area contributed by atoms with Crippen LogP contribution in [-0.4, -0.2) is 43.6 Å². The topological polar surface area (TPSA) is 86.8 Å². The normalized spacial score (nSPS) is 15.7. The number of nitrogens with one attached hydrogen (secondary N) is 2. The van der Waals surface area contributed by atoms with Gasteiger partial charge in [-0.3, -0.25) is 19.8 Å². The van der Waals surface area contributed by atoms with Gasteiger partial charge in [-0.1, -0.05) is 72.9 Å². The van der Waals surface area contributed by atoms with Gasteiger partial charge >= 0.3 is 0 Å². The first-order valence-electron chi connectivity index (χ1n) is 10.7. The molecule has 2 aromatic carbocycles. The number of nitrogens with zero attached hydrogens (tertiary/aromatic N) is 3. The summed E-state index contributed by atoms with van der Waals surface area (Å²) in [5.41, 5.74) is 2.18.